The summed E-state index contributed by atoms with van der Waals surface area (Å²) in [5, 5.41) is 7.89. The van der Waals surface area contributed by atoms with Gasteiger partial charge in [-0.1, -0.05) is 43.2 Å². The number of aromatic nitrogens is 4. The molecule has 3 aromatic rings. The van der Waals surface area contributed by atoms with Crippen LogP contribution in [0.2, 0.25) is 0 Å². The average molecular weight is 362 g/mol. The summed E-state index contributed by atoms with van der Waals surface area (Å²) >= 11 is 1.53. The summed E-state index contributed by atoms with van der Waals surface area (Å²) in [6.07, 6.45) is 0. The van der Waals surface area contributed by atoms with Crippen molar-refractivity contribution in [2.24, 2.45) is 0 Å². The van der Waals surface area contributed by atoms with Crippen molar-refractivity contribution >= 4 is 11.8 Å². The highest BCUT2D eigenvalue weighted by molar-refractivity contribution is 7.97. The normalized spacial score (nSPS) is 11.9. The topological polar surface area (TPSA) is 77.8 Å². The van der Waals surface area contributed by atoms with Gasteiger partial charge in [-0.25, -0.2) is 4.39 Å². The molecule has 132 valence electrons. The molecule has 1 aromatic carbocycles. The van der Waals surface area contributed by atoms with Gasteiger partial charge in [0.25, 0.3) is 0 Å². The molecule has 0 radical (unpaired) electrons. The lowest BCUT2D eigenvalue weighted by molar-refractivity contribution is 0.372. The van der Waals surface area contributed by atoms with Crippen LogP contribution in [-0.2, 0) is 16.9 Å². The zero-order valence-corrected chi connectivity index (χ0v) is 15.4. The molecule has 0 aliphatic rings. The number of thioether (sulfide) groups is 1. The molecule has 0 N–H and O–H groups in total. The van der Waals surface area contributed by atoms with Crippen LogP contribution in [0.1, 0.15) is 43.9 Å². The van der Waals surface area contributed by atoms with E-state index in [9.17, 15) is 4.39 Å². The van der Waals surface area contributed by atoms with E-state index >= 15 is 0 Å². The lowest BCUT2D eigenvalue weighted by Crippen LogP contribution is -2.13. The van der Waals surface area contributed by atoms with Crippen LogP contribution in [0.4, 0.5) is 4.39 Å². The molecular weight excluding hydrogens is 343 g/mol. The molecule has 0 spiro atoms. The number of aryl methyl sites for hydroxylation is 1. The van der Waals surface area contributed by atoms with Gasteiger partial charge in [0.1, 0.15) is 5.82 Å². The number of halogens is 1. The molecular formula is C17H19FN4O2S. The number of nitrogens with zero attached hydrogens (tertiary/aromatic N) is 4. The van der Waals surface area contributed by atoms with Crippen molar-refractivity contribution in [3.8, 4) is 11.4 Å². The fourth-order valence-corrected chi connectivity index (χ4v) is 2.69. The molecule has 25 heavy (non-hydrogen) atoms. The minimum absolute atomic E-state index is 0.142. The molecule has 0 amide bonds. The fraction of sp³-hybridized carbons (Fsp3) is 0.412. The summed E-state index contributed by atoms with van der Waals surface area (Å²) in [4.78, 5) is 8.67. The van der Waals surface area contributed by atoms with Crippen molar-refractivity contribution in [1.29, 1.82) is 0 Å². The summed E-state index contributed by atoms with van der Waals surface area (Å²) in [7, 11) is 0. The van der Waals surface area contributed by atoms with Gasteiger partial charge in [-0.05, 0) is 18.6 Å². The summed E-state index contributed by atoms with van der Waals surface area (Å²) < 4.78 is 24.1. The highest BCUT2D eigenvalue weighted by Gasteiger charge is 2.21. The summed E-state index contributed by atoms with van der Waals surface area (Å²) in [5.41, 5.74) is 1.03. The van der Waals surface area contributed by atoms with Gasteiger partial charge in [-0.15, -0.1) is 11.8 Å². The lowest BCUT2D eigenvalue weighted by Gasteiger charge is -2.10. The maximum atomic E-state index is 13.6. The second-order valence-electron chi connectivity index (χ2n) is 6.73. The lowest BCUT2D eigenvalue weighted by atomic mass is 9.96. The molecule has 0 aliphatic heterocycles. The van der Waals surface area contributed by atoms with Crippen LogP contribution in [0, 0.1) is 12.7 Å². The molecule has 6 nitrogen and oxygen atoms in total. The van der Waals surface area contributed by atoms with Gasteiger partial charge in [-0.3, -0.25) is 0 Å². The van der Waals surface area contributed by atoms with Crippen molar-refractivity contribution < 1.29 is 13.4 Å². The molecule has 2 aromatic heterocycles. The van der Waals surface area contributed by atoms with E-state index in [2.05, 4.69) is 20.3 Å². The van der Waals surface area contributed by atoms with Crippen molar-refractivity contribution in [1.82, 2.24) is 20.3 Å². The van der Waals surface area contributed by atoms with E-state index in [0.717, 1.165) is 0 Å². The third-order valence-corrected chi connectivity index (χ3v) is 4.39. The van der Waals surface area contributed by atoms with E-state index < -0.39 is 0 Å². The van der Waals surface area contributed by atoms with Crippen LogP contribution in [0.15, 0.2) is 27.2 Å². The van der Waals surface area contributed by atoms with Gasteiger partial charge < -0.3 is 9.05 Å². The number of hydrogen-bond donors (Lipinski definition) is 0. The van der Waals surface area contributed by atoms with Gasteiger partial charge in [0, 0.05) is 11.0 Å². The Morgan fingerprint density at radius 2 is 1.72 bits per heavy atom. The predicted molar refractivity (Wildman–Crippen MR) is 92.4 cm³/mol. The van der Waals surface area contributed by atoms with Crippen LogP contribution < -0.4 is 0 Å². The second kappa shape index (κ2) is 6.95. The predicted octanol–water partition coefficient (Wildman–Crippen LogP) is 4.30. The minimum Gasteiger partial charge on any atom is -0.338 e. The van der Waals surface area contributed by atoms with Gasteiger partial charge in [0.05, 0.1) is 11.5 Å². The molecule has 0 aliphatic carbocycles. The molecule has 8 heteroatoms. The quantitative estimate of drug-likeness (QED) is 0.669. The first-order valence-electron chi connectivity index (χ1n) is 7.83. The summed E-state index contributed by atoms with van der Waals surface area (Å²) in [6.45, 7) is 7.80. The standard InChI is InChI=1S/C17H19FN4O2S/c1-10-5-6-11(7-12(10)18)15-19-13(23-21-15)8-25-9-14-20-16(22-24-14)17(2,3)4/h5-7H,8-9H2,1-4H3. The molecule has 0 saturated heterocycles. The maximum Gasteiger partial charge on any atom is 0.236 e. The Kier molecular flexibility index (Phi) is 4.89. The van der Waals surface area contributed by atoms with Crippen LogP contribution in [0.5, 0.6) is 0 Å². The average Bonchev–Trinajstić information content (AvgIpc) is 3.19. The number of rotatable bonds is 5. The highest BCUT2D eigenvalue weighted by atomic mass is 32.2. The van der Waals surface area contributed by atoms with Crippen molar-refractivity contribution in [3.05, 3.63) is 47.2 Å². The maximum absolute atomic E-state index is 13.6. The molecule has 0 bridgehead atoms. The van der Waals surface area contributed by atoms with Crippen LogP contribution in [-0.4, -0.2) is 20.3 Å². The van der Waals surface area contributed by atoms with Gasteiger partial charge in [0.15, 0.2) is 5.82 Å². The van der Waals surface area contributed by atoms with E-state index in [0.29, 0.717) is 46.1 Å². The molecule has 0 saturated carbocycles. The van der Waals surface area contributed by atoms with E-state index in [1.54, 1.807) is 19.1 Å². The van der Waals surface area contributed by atoms with Crippen molar-refractivity contribution in [2.45, 2.75) is 44.6 Å². The minimum atomic E-state index is -0.288. The van der Waals surface area contributed by atoms with E-state index in [4.69, 9.17) is 9.05 Å². The Balaban J connectivity index is 1.58. The van der Waals surface area contributed by atoms with Crippen molar-refractivity contribution in [2.75, 3.05) is 0 Å². The Morgan fingerprint density at radius 3 is 2.36 bits per heavy atom. The first kappa shape index (κ1) is 17.6. The van der Waals surface area contributed by atoms with Crippen molar-refractivity contribution in [3.63, 3.8) is 0 Å². The first-order valence-corrected chi connectivity index (χ1v) is 8.98. The Hall–Kier alpha value is -2.22. The molecule has 0 atom stereocenters. The summed E-state index contributed by atoms with van der Waals surface area (Å²) in [5.74, 6) is 2.87. The summed E-state index contributed by atoms with van der Waals surface area (Å²) in [6, 6.07) is 4.87. The second-order valence-corrected chi connectivity index (χ2v) is 7.72. The zero-order valence-electron chi connectivity index (χ0n) is 14.5. The third-order valence-electron chi connectivity index (χ3n) is 3.49. The van der Waals surface area contributed by atoms with E-state index in [-0.39, 0.29) is 11.2 Å². The fourth-order valence-electron chi connectivity index (χ4n) is 2.01. The van der Waals surface area contributed by atoms with Crippen LogP contribution >= 0.6 is 11.8 Å². The molecule has 2 heterocycles. The molecule has 0 fully saturated rings. The third kappa shape index (κ3) is 4.25. The van der Waals surface area contributed by atoms with Gasteiger partial charge in [0.2, 0.25) is 17.6 Å². The number of hydrogen-bond acceptors (Lipinski definition) is 7. The monoisotopic (exact) mass is 362 g/mol. The van der Waals surface area contributed by atoms with Gasteiger partial charge >= 0.3 is 0 Å². The zero-order chi connectivity index (χ0) is 18.0. The van der Waals surface area contributed by atoms with Gasteiger partial charge in [-0.2, -0.15) is 9.97 Å². The molecule has 3 rings (SSSR count). The smallest absolute Gasteiger partial charge is 0.236 e. The first-order chi connectivity index (χ1) is 11.8. The Morgan fingerprint density at radius 1 is 1.04 bits per heavy atom. The molecule has 0 unspecified atom stereocenters. The van der Waals surface area contributed by atoms with E-state index in [1.807, 2.05) is 20.8 Å². The Bertz CT molecular complexity index is 870. The van der Waals surface area contributed by atoms with Crippen LogP contribution in [0.3, 0.4) is 0 Å². The van der Waals surface area contributed by atoms with E-state index in [1.165, 1.54) is 17.8 Å². The Labute approximate surface area is 149 Å². The SMILES string of the molecule is Cc1ccc(-c2noc(CSCc3nc(C(C)(C)C)no3)n2)cc1F. The highest BCUT2D eigenvalue weighted by Crippen LogP contribution is 2.23. The number of benzene rings is 1. The van der Waals surface area contributed by atoms with Crippen LogP contribution in [0.25, 0.3) is 11.4 Å². The largest absolute Gasteiger partial charge is 0.338 e.